The molecule has 0 aromatic rings. The fraction of sp³-hybridized carbons (Fsp3) is 0.429. The van der Waals surface area contributed by atoms with E-state index in [1.807, 2.05) is 44.2 Å². The summed E-state index contributed by atoms with van der Waals surface area (Å²) in [7, 11) is 0. The highest BCUT2D eigenvalue weighted by molar-refractivity contribution is 6.04. The van der Waals surface area contributed by atoms with Crippen molar-refractivity contribution in [1.29, 1.82) is 0 Å². The molecule has 1 N–H and O–H groups in total. The van der Waals surface area contributed by atoms with Crippen molar-refractivity contribution in [2.45, 2.75) is 26.3 Å². The summed E-state index contributed by atoms with van der Waals surface area (Å²) in [5.41, 5.74) is 0.993. The number of hydrogen-bond donors (Lipinski definition) is 1. The minimum atomic E-state index is -0.383. The molecule has 4 heteroatoms. The fourth-order valence-electron chi connectivity index (χ4n) is 2.07. The van der Waals surface area contributed by atoms with Gasteiger partial charge >= 0.3 is 6.03 Å². The lowest BCUT2D eigenvalue weighted by Gasteiger charge is -2.14. The molecule has 0 aromatic heterocycles. The van der Waals surface area contributed by atoms with Gasteiger partial charge in [-0.25, -0.2) is 4.79 Å². The second-order valence-corrected chi connectivity index (χ2v) is 4.90. The Morgan fingerprint density at radius 2 is 2.17 bits per heavy atom. The predicted molar refractivity (Wildman–Crippen MR) is 69.9 cm³/mol. The van der Waals surface area contributed by atoms with E-state index in [0.717, 1.165) is 12.0 Å². The Bertz CT molecular complexity index is 447. The van der Waals surface area contributed by atoms with Gasteiger partial charge in [-0.2, -0.15) is 0 Å². The van der Waals surface area contributed by atoms with Gasteiger partial charge in [0, 0.05) is 0 Å². The molecule has 0 spiro atoms. The van der Waals surface area contributed by atoms with E-state index in [0.29, 0.717) is 6.54 Å². The molecule has 0 saturated carbocycles. The van der Waals surface area contributed by atoms with Gasteiger partial charge in [0.05, 0.1) is 6.54 Å². The zero-order chi connectivity index (χ0) is 13.1. The van der Waals surface area contributed by atoms with E-state index in [1.54, 1.807) is 0 Å². The van der Waals surface area contributed by atoms with Gasteiger partial charge in [-0.15, -0.1) is 0 Å². The molecule has 3 amide bonds. The minimum Gasteiger partial charge on any atom is -0.326 e. The van der Waals surface area contributed by atoms with Crippen molar-refractivity contribution in [2.24, 2.45) is 5.92 Å². The molecule has 18 heavy (non-hydrogen) atoms. The molecule has 1 heterocycles. The van der Waals surface area contributed by atoms with E-state index in [-0.39, 0.29) is 23.9 Å². The number of nitrogens with zero attached hydrogens (tertiary/aromatic N) is 1. The molecule has 96 valence electrons. The predicted octanol–water partition coefficient (Wildman–Crippen LogP) is 2.01. The highest BCUT2D eigenvalue weighted by Gasteiger charge is 2.39. The van der Waals surface area contributed by atoms with E-state index in [9.17, 15) is 9.59 Å². The molecule has 1 fully saturated rings. The summed E-state index contributed by atoms with van der Waals surface area (Å²) in [5.74, 6) is -0.00622. The van der Waals surface area contributed by atoms with Gasteiger partial charge in [0.25, 0.3) is 5.91 Å². The molecular formula is C14H18N2O2. The van der Waals surface area contributed by atoms with Crippen LogP contribution in [0.5, 0.6) is 0 Å². The lowest BCUT2D eigenvalue weighted by atomic mass is 10.0. The summed E-state index contributed by atoms with van der Waals surface area (Å²) in [4.78, 5) is 25.2. The minimum absolute atomic E-state index is 0.117. The third-order valence-corrected chi connectivity index (χ3v) is 3.14. The number of amides is 3. The molecule has 4 nitrogen and oxygen atoms in total. The van der Waals surface area contributed by atoms with Crippen LogP contribution in [0.25, 0.3) is 0 Å². The molecular weight excluding hydrogens is 228 g/mol. The molecule has 1 aliphatic carbocycles. The average Bonchev–Trinajstić information content (AvgIpc) is 2.55. The van der Waals surface area contributed by atoms with Crippen LogP contribution < -0.4 is 5.32 Å². The quantitative estimate of drug-likeness (QED) is 0.774. The Morgan fingerprint density at radius 1 is 1.39 bits per heavy atom. The maximum atomic E-state index is 12.1. The van der Waals surface area contributed by atoms with Crippen LogP contribution in [0.3, 0.4) is 0 Å². The van der Waals surface area contributed by atoms with Crippen molar-refractivity contribution in [3.63, 3.8) is 0 Å². The van der Waals surface area contributed by atoms with Crippen LogP contribution in [0.2, 0.25) is 0 Å². The van der Waals surface area contributed by atoms with E-state index in [1.165, 1.54) is 4.90 Å². The summed E-state index contributed by atoms with van der Waals surface area (Å²) in [6, 6.07) is -0.670. The Labute approximate surface area is 107 Å². The largest absolute Gasteiger partial charge is 0.326 e. The fourth-order valence-corrected chi connectivity index (χ4v) is 2.07. The number of nitrogens with one attached hydrogen (secondary N) is 1. The van der Waals surface area contributed by atoms with E-state index in [4.69, 9.17) is 0 Å². The summed E-state index contributed by atoms with van der Waals surface area (Å²) < 4.78 is 0. The number of carbonyl (C=O) groups excluding carboxylic acids is 2. The second kappa shape index (κ2) is 5.21. The van der Waals surface area contributed by atoms with Crippen LogP contribution >= 0.6 is 0 Å². The van der Waals surface area contributed by atoms with Crippen LogP contribution in [-0.4, -0.2) is 29.4 Å². The Balaban J connectivity index is 2.08. The Kier molecular flexibility index (Phi) is 3.65. The van der Waals surface area contributed by atoms with Gasteiger partial charge in [0.2, 0.25) is 0 Å². The summed E-state index contributed by atoms with van der Waals surface area (Å²) in [5, 5.41) is 2.73. The molecule has 2 rings (SSSR count). The molecule has 1 atom stereocenters. The van der Waals surface area contributed by atoms with Crippen molar-refractivity contribution in [3.8, 4) is 0 Å². The van der Waals surface area contributed by atoms with Crippen molar-refractivity contribution < 1.29 is 9.59 Å². The SMILES string of the molecule is CC(C)C1NC(=O)N(CC2=CCC=CC=C2)C1=O. The van der Waals surface area contributed by atoms with Crippen LogP contribution in [-0.2, 0) is 4.79 Å². The molecule has 2 aliphatic rings. The number of urea groups is 1. The molecule has 0 radical (unpaired) electrons. The first-order valence-electron chi connectivity index (χ1n) is 6.23. The van der Waals surface area contributed by atoms with Crippen molar-refractivity contribution >= 4 is 11.9 Å². The number of carbonyl (C=O) groups is 2. The van der Waals surface area contributed by atoms with E-state index in [2.05, 4.69) is 5.32 Å². The lowest BCUT2D eigenvalue weighted by molar-refractivity contribution is -0.127. The average molecular weight is 246 g/mol. The topological polar surface area (TPSA) is 49.4 Å². The number of allylic oxidation sites excluding steroid dienone is 4. The summed E-state index contributed by atoms with van der Waals surface area (Å²) in [6.45, 7) is 4.22. The van der Waals surface area contributed by atoms with Gasteiger partial charge in [-0.05, 0) is 17.9 Å². The second-order valence-electron chi connectivity index (χ2n) is 4.90. The molecule has 1 unspecified atom stereocenters. The first-order chi connectivity index (χ1) is 8.59. The lowest BCUT2D eigenvalue weighted by Crippen LogP contribution is -2.35. The van der Waals surface area contributed by atoms with Crippen molar-refractivity contribution in [3.05, 3.63) is 36.0 Å². The Morgan fingerprint density at radius 3 is 2.83 bits per heavy atom. The van der Waals surface area contributed by atoms with Gasteiger partial charge < -0.3 is 5.32 Å². The standard InChI is InChI=1S/C14H18N2O2/c1-10(2)12-13(17)16(14(18)15-12)9-11-7-5-3-4-6-8-11/h3-5,7-8,10,12H,6,9H2,1-2H3,(H,15,18). The van der Waals surface area contributed by atoms with Gasteiger partial charge in [-0.3, -0.25) is 9.69 Å². The van der Waals surface area contributed by atoms with Crippen molar-refractivity contribution in [1.82, 2.24) is 10.2 Å². The first kappa shape index (κ1) is 12.6. The van der Waals surface area contributed by atoms with Gasteiger partial charge in [0.1, 0.15) is 6.04 Å². The smallest absolute Gasteiger partial charge is 0.325 e. The summed E-state index contributed by atoms with van der Waals surface area (Å²) in [6.07, 6.45) is 10.7. The summed E-state index contributed by atoms with van der Waals surface area (Å²) >= 11 is 0. The maximum absolute atomic E-state index is 12.1. The zero-order valence-electron chi connectivity index (χ0n) is 10.7. The zero-order valence-corrected chi connectivity index (χ0v) is 10.7. The monoisotopic (exact) mass is 246 g/mol. The number of hydrogen-bond acceptors (Lipinski definition) is 2. The number of imide groups is 1. The third-order valence-electron chi connectivity index (χ3n) is 3.14. The third kappa shape index (κ3) is 2.53. The van der Waals surface area contributed by atoms with Crippen molar-refractivity contribution in [2.75, 3.05) is 6.54 Å². The van der Waals surface area contributed by atoms with Crippen LogP contribution in [0.1, 0.15) is 20.3 Å². The van der Waals surface area contributed by atoms with Gasteiger partial charge in [0.15, 0.2) is 0 Å². The molecule has 1 aliphatic heterocycles. The highest BCUT2D eigenvalue weighted by atomic mass is 16.2. The normalized spacial score (nSPS) is 23.4. The number of rotatable bonds is 3. The van der Waals surface area contributed by atoms with Crippen LogP contribution in [0.15, 0.2) is 36.0 Å². The van der Waals surface area contributed by atoms with E-state index < -0.39 is 0 Å². The maximum Gasteiger partial charge on any atom is 0.325 e. The molecule has 0 aromatic carbocycles. The molecule has 1 saturated heterocycles. The van der Waals surface area contributed by atoms with Crippen LogP contribution in [0, 0.1) is 5.92 Å². The first-order valence-corrected chi connectivity index (χ1v) is 6.23. The van der Waals surface area contributed by atoms with Gasteiger partial charge in [-0.1, -0.05) is 44.2 Å². The highest BCUT2D eigenvalue weighted by Crippen LogP contribution is 2.16. The molecule has 0 bridgehead atoms. The Hall–Kier alpha value is -1.84. The van der Waals surface area contributed by atoms with E-state index >= 15 is 0 Å². The van der Waals surface area contributed by atoms with Crippen LogP contribution in [0.4, 0.5) is 4.79 Å².